The highest BCUT2D eigenvalue weighted by Gasteiger charge is 2.48. The molecule has 358 valence electrons. The fourth-order valence-electron chi connectivity index (χ4n) is 7.55. The van der Waals surface area contributed by atoms with E-state index in [9.17, 15) is 38.4 Å². The number of benzene rings is 3. The van der Waals surface area contributed by atoms with E-state index in [1.54, 1.807) is 24.3 Å². The fraction of sp³-hybridized carbons (Fsp3) is 0.489. The number of primary amides is 2. The van der Waals surface area contributed by atoms with Gasteiger partial charge in [-0.25, -0.2) is 0 Å². The molecule has 0 spiro atoms. The average molecular weight is 916 g/mol. The molecule has 0 bridgehead atoms. The first-order valence-electron chi connectivity index (χ1n) is 22.0. The Morgan fingerprint density at radius 1 is 0.712 bits per heavy atom. The van der Waals surface area contributed by atoms with Gasteiger partial charge in [0.15, 0.2) is 0 Å². The number of piperidine rings is 1. The van der Waals surface area contributed by atoms with Gasteiger partial charge in [-0.05, 0) is 54.5 Å². The van der Waals surface area contributed by atoms with Crippen molar-refractivity contribution in [2.75, 3.05) is 68.5 Å². The predicted octanol–water partition coefficient (Wildman–Crippen LogP) is -0.521. The Morgan fingerprint density at radius 2 is 1.29 bits per heavy atom. The maximum atomic E-state index is 14.8. The van der Waals surface area contributed by atoms with Gasteiger partial charge in [-0.2, -0.15) is 0 Å². The molecule has 0 radical (unpaired) electrons. The normalized spacial score (nSPS) is 15.8. The van der Waals surface area contributed by atoms with Gasteiger partial charge in [0, 0.05) is 59.7 Å². The second-order valence-corrected chi connectivity index (χ2v) is 18.1. The molecule has 4 atom stereocenters. The Morgan fingerprint density at radius 3 is 1.88 bits per heavy atom. The summed E-state index contributed by atoms with van der Waals surface area (Å²) in [4.78, 5) is 110. The lowest BCUT2D eigenvalue weighted by atomic mass is 9.84. The molecular weight excluding hydrogens is 849 g/mol. The number of ether oxygens (including phenoxy) is 1. The molecule has 1 fully saturated rings. The van der Waals surface area contributed by atoms with E-state index in [4.69, 9.17) is 16.2 Å². The van der Waals surface area contributed by atoms with E-state index >= 15 is 0 Å². The number of nitrogens with one attached hydrogen (secondary N) is 5. The molecule has 0 aliphatic carbocycles. The molecule has 19 heteroatoms. The Labute approximate surface area is 386 Å². The summed E-state index contributed by atoms with van der Waals surface area (Å²) in [5.41, 5.74) is 10.6. The summed E-state index contributed by atoms with van der Waals surface area (Å²) in [5, 5.41) is 15.6. The van der Waals surface area contributed by atoms with Crippen LogP contribution in [0, 0.1) is 0 Å². The van der Waals surface area contributed by atoms with Crippen molar-refractivity contribution in [1.29, 1.82) is 0 Å². The van der Waals surface area contributed by atoms with Crippen molar-refractivity contribution in [3.05, 3.63) is 77.9 Å². The van der Waals surface area contributed by atoms with E-state index in [1.165, 1.54) is 25.9 Å². The first kappa shape index (κ1) is 52.0. The number of likely N-dealkylation sites (tertiary alicyclic amines) is 1. The molecule has 3 aromatic carbocycles. The van der Waals surface area contributed by atoms with Crippen LogP contribution in [0.2, 0.25) is 0 Å². The third kappa shape index (κ3) is 15.8. The van der Waals surface area contributed by atoms with Gasteiger partial charge in [0.1, 0.15) is 42.1 Å². The molecule has 1 aliphatic heterocycles. The second kappa shape index (κ2) is 23.5. The maximum Gasteiger partial charge on any atom is 0.246 e. The number of likely N-dealkylation sites (N-methyl/N-ethyl adjacent to an activating group) is 1. The SMILES string of the molecule is CC(=O)N[C@@H](Cc1ccc(OCCN(C)C)cc1)C(=O)N[C@@H](Cc1ccc2ccccc2c1)C(=O)NC1(C(=O)N[C@@H](CCC(=O)N(C)C)C(=O)N[C@@H](CC(N)=O)C(N)=O)CC[N+](C)(C)CC1. The van der Waals surface area contributed by atoms with Crippen molar-refractivity contribution >= 4 is 58.0 Å². The highest BCUT2D eigenvalue weighted by molar-refractivity contribution is 5.99. The lowest BCUT2D eigenvalue weighted by molar-refractivity contribution is -0.896. The monoisotopic (exact) mass is 916 g/mol. The van der Waals surface area contributed by atoms with Crippen LogP contribution in [0.1, 0.15) is 50.2 Å². The topological polar surface area (TPSA) is 264 Å². The summed E-state index contributed by atoms with van der Waals surface area (Å²) in [6, 6.07) is 15.2. The van der Waals surface area contributed by atoms with Crippen molar-refractivity contribution < 1.29 is 47.6 Å². The second-order valence-electron chi connectivity index (χ2n) is 18.1. The summed E-state index contributed by atoms with van der Waals surface area (Å²) in [6.07, 6.45) is -0.670. The molecule has 3 aromatic rings. The van der Waals surface area contributed by atoms with Gasteiger partial charge in [-0.1, -0.05) is 54.6 Å². The maximum absolute atomic E-state index is 14.8. The van der Waals surface area contributed by atoms with Crippen LogP contribution in [-0.2, 0) is 51.2 Å². The number of carbonyl (C=O) groups is 8. The van der Waals surface area contributed by atoms with E-state index < -0.39 is 77.5 Å². The number of amides is 8. The van der Waals surface area contributed by atoms with Gasteiger partial charge in [0.25, 0.3) is 0 Å². The van der Waals surface area contributed by atoms with Gasteiger partial charge in [0.2, 0.25) is 47.3 Å². The van der Waals surface area contributed by atoms with Crippen LogP contribution in [-0.4, -0.2) is 160 Å². The minimum Gasteiger partial charge on any atom is -0.492 e. The largest absolute Gasteiger partial charge is 0.492 e. The lowest BCUT2D eigenvalue weighted by Crippen LogP contribution is -2.69. The molecule has 19 nitrogen and oxygen atoms in total. The van der Waals surface area contributed by atoms with Crippen molar-refractivity contribution in [2.24, 2.45) is 11.5 Å². The lowest BCUT2D eigenvalue weighted by Gasteiger charge is -2.44. The number of nitrogens with zero attached hydrogens (tertiary/aromatic N) is 3. The van der Waals surface area contributed by atoms with Crippen LogP contribution in [0.3, 0.4) is 0 Å². The van der Waals surface area contributed by atoms with E-state index in [1.807, 2.05) is 75.6 Å². The molecule has 4 rings (SSSR count). The van der Waals surface area contributed by atoms with Crippen molar-refractivity contribution in [2.45, 2.75) is 81.6 Å². The number of nitrogens with two attached hydrogens (primary N) is 2. The summed E-state index contributed by atoms with van der Waals surface area (Å²) < 4.78 is 6.33. The average Bonchev–Trinajstić information content (AvgIpc) is 3.24. The molecule has 1 saturated heterocycles. The summed E-state index contributed by atoms with van der Waals surface area (Å²) in [7, 11) is 10.9. The first-order chi connectivity index (χ1) is 31.1. The summed E-state index contributed by atoms with van der Waals surface area (Å²) >= 11 is 0. The third-order valence-electron chi connectivity index (χ3n) is 11.7. The van der Waals surface area contributed by atoms with Crippen LogP contribution in [0.5, 0.6) is 5.75 Å². The molecule has 0 unspecified atom stereocenters. The molecule has 0 aromatic heterocycles. The zero-order chi connectivity index (χ0) is 48.8. The molecule has 1 heterocycles. The number of carbonyl (C=O) groups excluding carboxylic acids is 8. The molecular formula is C47H67N10O9+. The van der Waals surface area contributed by atoms with Crippen LogP contribution >= 0.6 is 0 Å². The molecule has 8 amide bonds. The minimum atomic E-state index is -1.62. The molecule has 9 N–H and O–H groups in total. The van der Waals surface area contributed by atoms with Crippen LogP contribution in [0.4, 0.5) is 0 Å². The zero-order valence-corrected chi connectivity index (χ0v) is 39.1. The predicted molar refractivity (Wildman–Crippen MR) is 248 cm³/mol. The van der Waals surface area contributed by atoms with E-state index in [2.05, 4.69) is 26.6 Å². The van der Waals surface area contributed by atoms with Crippen LogP contribution in [0.15, 0.2) is 66.7 Å². The standard InChI is InChI=1S/C47H66N10O9/c1-30(58)50-38(27-31-13-16-35(17-14-31)66-25-22-55(2)3)44(63)52-39(28-32-12-15-33-10-8-9-11-34(33)26-32)45(64)54-47(20-23-57(6,7)24-21-47)46(65)53-36(18-19-41(60)56(4)5)43(62)51-37(42(49)61)29-40(48)59/h8-17,26,36-39H,18-25,27-29H2,1-7H3,(H8-,48,49,50,51,52,53,54,58,59,61,62,63,64,65)/p+1/t36-,37-,38-,39-/m0/s1. The molecule has 0 saturated carbocycles. The van der Waals surface area contributed by atoms with Gasteiger partial charge < -0.3 is 57.1 Å². The van der Waals surface area contributed by atoms with Crippen molar-refractivity contribution in [3.8, 4) is 5.75 Å². The number of fused-ring (bicyclic) bond motifs is 1. The van der Waals surface area contributed by atoms with Crippen molar-refractivity contribution in [1.82, 2.24) is 36.4 Å². The Hall–Kier alpha value is -6.60. The van der Waals surface area contributed by atoms with Crippen LogP contribution in [0.25, 0.3) is 10.8 Å². The number of hydrogen-bond acceptors (Lipinski definition) is 10. The molecule has 1 aliphatic rings. The smallest absolute Gasteiger partial charge is 0.246 e. The van der Waals surface area contributed by atoms with E-state index in [0.717, 1.165) is 22.9 Å². The Kier molecular flexibility index (Phi) is 18.6. The minimum absolute atomic E-state index is 0.000511. The Balaban J connectivity index is 1.68. The van der Waals surface area contributed by atoms with Gasteiger partial charge >= 0.3 is 0 Å². The first-order valence-corrected chi connectivity index (χ1v) is 22.0. The third-order valence-corrected chi connectivity index (χ3v) is 11.7. The molecule has 66 heavy (non-hydrogen) atoms. The number of rotatable bonds is 23. The van der Waals surface area contributed by atoms with Crippen molar-refractivity contribution in [3.63, 3.8) is 0 Å². The quantitative estimate of drug-likeness (QED) is 0.0599. The highest BCUT2D eigenvalue weighted by atomic mass is 16.5. The fourth-order valence-corrected chi connectivity index (χ4v) is 7.55. The van der Waals surface area contributed by atoms with Gasteiger partial charge in [-0.3, -0.25) is 38.4 Å². The van der Waals surface area contributed by atoms with Gasteiger partial charge in [0.05, 0.1) is 33.6 Å². The summed E-state index contributed by atoms with van der Waals surface area (Å²) in [6.45, 7) is 3.35. The number of hydrogen-bond donors (Lipinski definition) is 7. The van der Waals surface area contributed by atoms with E-state index in [0.29, 0.717) is 35.5 Å². The van der Waals surface area contributed by atoms with Gasteiger partial charge in [-0.15, -0.1) is 0 Å². The Bertz CT molecular complexity index is 2220. The summed E-state index contributed by atoms with van der Waals surface area (Å²) in [5.74, 6) is -5.08. The number of quaternary nitrogens is 1. The van der Waals surface area contributed by atoms with Crippen LogP contribution < -0.4 is 42.8 Å². The zero-order valence-electron chi connectivity index (χ0n) is 39.1. The highest BCUT2D eigenvalue weighted by Crippen LogP contribution is 2.27. The van der Waals surface area contributed by atoms with E-state index in [-0.39, 0.29) is 44.4 Å².